The lowest BCUT2D eigenvalue weighted by molar-refractivity contribution is -0.144. The lowest BCUT2D eigenvalue weighted by Gasteiger charge is -2.35. The fraction of sp³-hybridized carbons (Fsp3) is 0.417. The van der Waals surface area contributed by atoms with Crippen molar-refractivity contribution in [2.45, 2.75) is 104 Å². The summed E-state index contributed by atoms with van der Waals surface area (Å²) in [5, 5.41) is 22.8. The van der Waals surface area contributed by atoms with Gasteiger partial charge in [0.1, 0.15) is 40.6 Å². The van der Waals surface area contributed by atoms with Gasteiger partial charge in [0, 0.05) is 74.1 Å². The first kappa shape index (κ1) is 57.3. The van der Waals surface area contributed by atoms with Gasteiger partial charge in [0.05, 0.1) is 60.7 Å². The van der Waals surface area contributed by atoms with Gasteiger partial charge in [-0.15, -0.1) is 11.3 Å². The molecule has 5 N–H and O–H groups in total. The van der Waals surface area contributed by atoms with Gasteiger partial charge >= 0.3 is 0 Å². The van der Waals surface area contributed by atoms with E-state index in [0.29, 0.717) is 60.2 Å². The third kappa shape index (κ3) is 14.1. The van der Waals surface area contributed by atoms with Crippen molar-refractivity contribution in [2.75, 3.05) is 57.1 Å². The fourth-order valence-corrected chi connectivity index (χ4v) is 10.9. The number of nitrogens with one attached hydrogen (secondary N) is 4. The van der Waals surface area contributed by atoms with Crippen LogP contribution in [0.15, 0.2) is 103 Å². The number of hydrogen-bond donors (Lipinski definition) is 5. The summed E-state index contributed by atoms with van der Waals surface area (Å²) in [6, 6.07) is 23.9. The van der Waals surface area contributed by atoms with Gasteiger partial charge in [-0.1, -0.05) is 45.0 Å². The normalized spacial score (nSPS) is 17.6. The smallest absolute Gasteiger partial charge is 0.246 e. The van der Waals surface area contributed by atoms with E-state index in [1.54, 1.807) is 55.0 Å². The molecule has 1 aliphatic carbocycles. The van der Waals surface area contributed by atoms with Gasteiger partial charge < -0.3 is 55.1 Å². The summed E-state index contributed by atoms with van der Waals surface area (Å²) >= 11 is 1.57. The fourth-order valence-electron chi connectivity index (χ4n) is 10.0. The molecule has 2 saturated heterocycles. The molecule has 9 rings (SSSR count). The van der Waals surface area contributed by atoms with Gasteiger partial charge in [0.2, 0.25) is 29.5 Å². The van der Waals surface area contributed by atoms with E-state index in [1.165, 1.54) is 29.2 Å². The molecule has 4 heterocycles. The number of anilines is 2. The number of rotatable bonds is 22. The number of carbonyl (C=O) groups is 5. The molecule has 0 spiro atoms. The zero-order valence-electron chi connectivity index (χ0n) is 45.7. The molecule has 4 aromatic carbocycles. The lowest BCUT2D eigenvalue weighted by atomic mass is 9.85. The van der Waals surface area contributed by atoms with Crippen LogP contribution in [-0.2, 0) is 46.6 Å². The molecule has 0 bridgehead atoms. The number of fused-ring (bicyclic) bond motifs is 1. The second kappa shape index (κ2) is 25.4. The maximum atomic E-state index is 14.1. The van der Waals surface area contributed by atoms with Crippen LogP contribution in [0.1, 0.15) is 76.1 Å². The Hall–Kier alpha value is -7.36. The number of benzene rings is 4. The Morgan fingerprint density at radius 1 is 0.875 bits per heavy atom. The molecule has 80 heavy (non-hydrogen) atoms. The molecule has 6 aromatic rings. The Bertz CT molecular complexity index is 3160. The molecule has 3 atom stereocenters. The number of likely N-dealkylation sites (tertiary alicyclic amines) is 2. The highest BCUT2D eigenvalue weighted by molar-refractivity contribution is 7.13. The van der Waals surface area contributed by atoms with Gasteiger partial charge in [-0.2, -0.15) is 0 Å². The number of pyridine rings is 1. The summed E-state index contributed by atoms with van der Waals surface area (Å²) in [6.45, 7) is 11.1. The molecule has 18 nitrogen and oxygen atoms in total. The number of carbonyl (C=O) groups excluding carboxylic acids is 5. The quantitative estimate of drug-likeness (QED) is 0.0320. The molecular formula is C60H69FN8O10S. The first-order valence-electron chi connectivity index (χ1n) is 27.0. The van der Waals surface area contributed by atoms with Crippen molar-refractivity contribution in [1.82, 2.24) is 30.4 Å². The number of halogens is 1. The number of β-amino-alcohol motifs (C(OH)–C–C–N with tert-alkyl or cyclic N) is 1. The van der Waals surface area contributed by atoms with E-state index in [4.69, 9.17) is 18.9 Å². The number of thiazole rings is 1. The number of piperidine rings is 1. The van der Waals surface area contributed by atoms with Crippen LogP contribution < -0.4 is 30.7 Å². The minimum Gasteiger partial charge on any atom is -0.496 e. The molecule has 3 fully saturated rings. The minimum atomic E-state index is -1.19. The summed E-state index contributed by atoms with van der Waals surface area (Å²) in [5.74, 6) is -0.673. The van der Waals surface area contributed by atoms with E-state index >= 15 is 0 Å². The Kier molecular flexibility index (Phi) is 18.2. The number of amides is 5. The van der Waals surface area contributed by atoms with E-state index < -0.39 is 52.6 Å². The van der Waals surface area contributed by atoms with Crippen LogP contribution in [0.5, 0.6) is 17.2 Å². The van der Waals surface area contributed by atoms with Gasteiger partial charge in [-0.3, -0.25) is 29.0 Å². The molecule has 422 valence electrons. The van der Waals surface area contributed by atoms with Crippen molar-refractivity contribution >= 4 is 63.2 Å². The highest BCUT2D eigenvalue weighted by Crippen LogP contribution is 2.48. The lowest BCUT2D eigenvalue weighted by Crippen LogP contribution is -2.57. The number of methoxy groups -OCH3 is 1. The number of aromatic nitrogens is 2. The Morgan fingerprint density at radius 2 is 1.56 bits per heavy atom. The van der Waals surface area contributed by atoms with Gasteiger partial charge in [0.25, 0.3) is 0 Å². The van der Waals surface area contributed by atoms with E-state index in [0.717, 1.165) is 65.1 Å². The minimum absolute atomic E-state index is 0.00628. The predicted octanol–water partition coefficient (Wildman–Crippen LogP) is 8.16. The molecule has 20 heteroatoms. The maximum absolute atomic E-state index is 14.1. The van der Waals surface area contributed by atoms with Crippen LogP contribution in [-0.4, -0.2) is 125 Å². The number of hydrogen-bond acceptors (Lipinski definition) is 14. The second-order valence-electron chi connectivity index (χ2n) is 21.8. The molecule has 1 saturated carbocycles. The molecule has 2 aliphatic heterocycles. The van der Waals surface area contributed by atoms with Crippen molar-refractivity contribution in [3.63, 3.8) is 0 Å². The third-order valence-corrected chi connectivity index (χ3v) is 15.9. The van der Waals surface area contributed by atoms with Crippen LogP contribution in [0.25, 0.3) is 21.3 Å². The summed E-state index contributed by atoms with van der Waals surface area (Å²) in [6.07, 6.45) is 3.35. The number of aryl methyl sites for hydroxylation is 1. The second-order valence-corrected chi connectivity index (χ2v) is 22.6. The Morgan fingerprint density at radius 3 is 2.20 bits per heavy atom. The SMILES string of the molecule is COc1cc2c(Oc3ccc(NC(=O)C4(C(=O)Nc5ccc(F)cc5)CC4)cc3)ccnc2cc1COCCN1CCC(OCCC(=O)N[C@H](C(=O)N2C[C@H](O)C[C@H]2C(=O)NCc2ccc(-c3scnc3C)cc2)C(C)(C)C)CC1. The molecule has 3 aliphatic rings. The van der Waals surface area contributed by atoms with Crippen LogP contribution in [0.4, 0.5) is 15.8 Å². The average Bonchev–Trinajstić information content (AvgIpc) is 4.03. The van der Waals surface area contributed by atoms with Crippen LogP contribution in [0.2, 0.25) is 0 Å². The van der Waals surface area contributed by atoms with E-state index in [9.17, 15) is 33.5 Å². The topological polar surface area (TPSA) is 223 Å². The summed E-state index contributed by atoms with van der Waals surface area (Å²) < 4.78 is 37.7. The first-order valence-corrected chi connectivity index (χ1v) is 27.9. The van der Waals surface area contributed by atoms with Gasteiger partial charge in [-0.05, 0) is 116 Å². The molecule has 0 unspecified atom stereocenters. The van der Waals surface area contributed by atoms with E-state index in [-0.39, 0.29) is 50.5 Å². The van der Waals surface area contributed by atoms with Crippen molar-refractivity contribution in [3.05, 3.63) is 125 Å². The zero-order valence-corrected chi connectivity index (χ0v) is 46.5. The number of aliphatic hydroxyl groups excluding tert-OH is 1. The van der Waals surface area contributed by atoms with Gasteiger partial charge in [0.15, 0.2) is 0 Å². The standard InChI is InChI=1S/C60H69FN8O10S/c1-37-53(80-36-64-37)39-8-6-38(7-9-39)33-63-55(72)49-31-44(70)34-69(49)56(73)54(59(2,3)4)67-52(71)21-28-78-45-19-25-68(26-20-45)27-29-77-35-40-30-48-47(32-51(40)76-5)50(18-24-62-48)79-46-16-14-43(15-17-46)66-58(75)60(22-23-60)57(74)65-42-12-10-41(61)11-13-42/h6-18,24,30,32,36,44-45,49,54,70H,19-23,25-29,31,33-35H2,1-5H3,(H,63,72)(H,65,74)(H,66,75)(H,67,71)/t44-,49+,54-/m1/s1. The average molecular weight is 1110 g/mol. The summed E-state index contributed by atoms with van der Waals surface area (Å²) in [5.41, 5.74) is 5.29. The van der Waals surface area contributed by atoms with Crippen molar-refractivity contribution < 1.29 is 52.4 Å². The zero-order chi connectivity index (χ0) is 56.6. The Labute approximate surface area is 468 Å². The van der Waals surface area contributed by atoms with Crippen molar-refractivity contribution in [1.29, 1.82) is 0 Å². The largest absolute Gasteiger partial charge is 0.496 e. The van der Waals surface area contributed by atoms with Crippen LogP contribution in [0.3, 0.4) is 0 Å². The molecular weight excluding hydrogens is 1040 g/mol. The maximum Gasteiger partial charge on any atom is 0.246 e. The first-order chi connectivity index (χ1) is 38.5. The van der Waals surface area contributed by atoms with Gasteiger partial charge in [-0.25, -0.2) is 9.37 Å². The molecule has 5 amide bonds. The Balaban J connectivity index is 0.681. The van der Waals surface area contributed by atoms with Crippen molar-refractivity contribution in [3.8, 4) is 27.7 Å². The van der Waals surface area contributed by atoms with E-state index in [1.807, 2.05) is 69.6 Å². The molecule has 0 radical (unpaired) electrons. The third-order valence-electron chi connectivity index (χ3n) is 14.9. The van der Waals surface area contributed by atoms with Crippen molar-refractivity contribution in [2.24, 2.45) is 10.8 Å². The predicted molar refractivity (Wildman–Crippen MR) is 301 cm³/mol. The number of ether oxygens (including phenoxy) is 4. The summed E-state index contributed by atoms with van der Waals surface area (Å²) in [4.78, 5) is 81.0. The highest BCUT2D eigenvalue weighted by atomic mass is 32.1. The summed E-state index contributed by atoms with van der Waals surface area (Å²) in [7, 11) is 1.60. The number of nitrogens with zero attached hydrogens (tertiary/aromatic N) is 4. The molecule has 2 aromatic heterocycles. The highest BCUT2D eigenvalue weighted by Gasteiger charge is 2.56. The monoisotopic (exact) mass is 1110 g/mol. The van der Waals surface area contributed by atoms with Crippen LogP contribution in [0, 0.1) is 23.6 Å². The van der Waals surface area contributed by atoms with Crippen LogP contribution >= 0.6 is 11.3 Å². The van der Waals surface area contributed by atoms with E-state index in [2.05, 4.69) is 36.1 Å². The number of aliphatic hydroxyl groups is 1.